The Bertz CT molecular complexity index is 1290. The molecule has 2 aromatic carbocycles. The number of amides is 1. The van der Waals surface area contributed by atoms with Crippen LogP contribution in [0.5, 0.6) is 0 Å². The number of aromatic nitrogens is 2. The first-order chi connectivity index (χ1) is 15.0. The maximum absolute atomic E-state index is 13.3. The van der Waals surface area contributed by atoms with Gasteiger partial charge in [0.25, 0.3) is 11.5 Å². The predicted octanol–water partition coefficient (Wildman–Crippen LogP) is 3.19. The topological polar surface area (TPSA) is 101 Å². The number of hydrogen-bond acceptors (Lipinski definition) is 6. The molecule has 9 heteroatoms. The Morgan fingerprint density at radius 1 is 1.06 bits per heavy atom. The van der Waals surface area contributed by atoms with Gasteiger partial charge in [-0.3, -0.25) is 9.59 Å². The first kappa shape index (κ1) is 20.4. The molecule has 4 rings (SSSR count). The first-order valence-corrected chi connectivity index (χ1v) is 10.1. The van der Waals surface area contributed by atoms with Crippen molar-refractivity contribution in [3.05, 3.63) is 98.3 Å². The molecule has 4 aromatic rings. The van der Waals surface area contributed by atoms with Crippen LogP contribution in [-0.4, -0.2) is 28.7 Å². The molecule has 7 nitrogen and oxygen atoms in total. The van der Waals surface area contributed by atoms with Gasteiger partial charge >= 0.3 is 5.97 Å². The zero-order chi connectivity index (χ0) is 21.8. The van der Waals surface area contributed by atoms with Gasteiger partial charge in [-0.2, -0.15) is 5.10 Å². The summed E-state index contributed by atoms with van der Waals surface area (Å²) in [5, 5.41) is 11.3. The van der Waals surface area contributed by atoms with Crippen molar-refractivity contribution < 1.29 is 18.7 Å². The van der Waals surface area contributed by atoms with Gasteiger partial charge in [-0.05, 0) is 35.2 Å². The van der Waals surface area contributed by atoms with E-state index in [0.29, 0.717) is 16.3 Å². The summed E-state index contributed by atoms with van der Waals surface area (Å²) >= 11 is 1.44. The number of nitrogens with one attached hydrogen (secondary N) is 2. The maximum atomic E-state index is 13.3. The molecule has 0 spiro atoms. The number of hydrogen-bond donors (Lipinski definition) is 2. The van der Waals surface area contributed by atoms with Crippen molar-refractivity contribution in [1.29, 1.82) is 0 Å². The van der Waals surface area contributed by atoms with Crippen LogP contribution in [-0.2, 0) is 9.53 Å². The van der Waals surface area contributed by atoms with Crippen molar-refractivity contribution in [2.75, 3.05) is 6.61 Å². The second-order valence-corrected chi connectivity index (χ2v) is 7.57. The number of ether oxygens (including phenoxy) is 1. The molecule has 0 radical (unpaired) electrons. The standard InChI is InChI=1S/C22H16FN3O4S/c23-14-9-7-13(8-10-14)19(17-6-3-11-31-17)24-18(27)12-30-22(29)20-15-4-1-2-5-16(15)21(28)26-25-20/h1-11,19H,12H2,(H,24,27)(H,26,28). The minimum absolute atomic E-state index is 0.0867. The molecule has 2 aromatic heterocycles. The monoisotopic (exact) mass is 437 g/mol. The number of halogens is 1. The molecule has 2 heterocycles. The van der Waals surface area contributed by atoms with Gasteiger partial charge in [0, 0.05) is 10.3 Å². The normalized spacial score (nSPS) is 11.8. The fraction of sp³-hybridized carbons (Fsp3) is 0.0909. The molecular formula is C22H16FN3O4S. The number of esters is 1. The highest BCUT2D eigenvalue weighted by Gasteiger charge is 2.21. The Kier molecular flexibility index (Phi) is 5.85. The molecule has 0 aliphatic heterocycles. The van der Waals surface area contributed by atoms with Gasteiger partial charge in [0.05, 0.1) is 11.4 Å². The molecule has 1 atom stereocenters. The summed E-state index contributed by atoms with van der Waals surface area (Å²) in [6.07, 6.45) is 0. The Hall–Kier alpha value is -3.85. The average Bonchev–Trinajstić information content (AvgIpc) is 3.32. The van der Waals surface area contributed by atoms with Crippen LogP contribution >= 0.6 is 11.3 Å². The number of H-pyrrole nitrogens is 1. The molecule has 31 heavy (non-hydrogen) atoms. The van der Waals surface area contributed by atoms with Crippen molar-refractivity contribution in [2.45, 2.75) is 6.04 Å². The van der Waals surface area contributed by atoms with E-state index >= 15 is 0 Å². The molecule has 1 amide bonds. The molecule has 0 aliphatic carbocycles. The Labute approximate surface area is 179 Å². The van der Waals surface area contributed by atoms with Crippen molar-refractivity contribution in [1.82, 2.24) is 15.5 Å². The van der Waals surface area contributed by atoms with E-state index in [9.17, 15) is 18.8 Å². The van der Waals surface area contributed by atoms with Crippen molar-refractivity contribution >= 4 is 34.0 Å². The summed E-state index contributed by atoms with van der Waals surface area (Å²) in [5.41, 5.74) is 0.177. The third-order valence-corrected chi connectivity index (χ3v) is 5.50. The van der Waals surface area contributed by atoms with Crippen LogP contribution in [0.25, 0.3) is 10.8 Å². The van der Waals surface area contributed by atoms with Gasteiger partial charge in [-0.25, -0.2) is 14.3 Å². The van der Waals surface area contributed by atoms with Crippen LogP contribution in [0.3, 0.4) is 0 Å². The summed E-state index contributed by atoms with van der Waals surface area (Å²) in [7, 11) is 0. The van der Waals surface area contributed by atoms with Gasteiger partial charge in [0.1, 0.15) is 5.82 Å². The van der Waals surface area contributed by atoms with E-state index in [2.05, 4.69) is 15.5 Å². The Balaban J connectivity index is 1.48. The predicted molar refractivity (Wildman–Crippen MR) is 113 cm³/mol. The van der Waals surface area contributed by atoms with Crippen LogP contribution in [0.15, 0.2) is 70.8 Å². The molecule has 0 saturated heterocycles. The van der Waals surface area contributed by atoms with Gasteiger partial charge < -0.3 is 10.1 Å². The lowest BCUT2D eigenvalue weighted by atomic mass is 10.1. The number of fused-ring (bicyclic) bond motifs is 1. The van der Waals surface area contributed by atoms with Crippen LogP contribution in [0.4, 0.5) is 4.39 Å². The van der Waals surface area contributed by atoms with Gasteiger partial charge in [0.15, 0.2) is 12.3 Å². The maximum Gasteiger partial charge on any atom is 0.359 e. The number of carbonyl (C=O) groups is 2. The number of thiophene rings is 1. The van der Waals surface area contributed by atoms with E-state index in [1.54, 1.807) is 36.4 Å². The van der Waals surface area contributed by atoms with Gasteiger partial charge in [0.2, 0.25) is 0 Å². The van der Waals surface area contributed by atoms with Crippen molar-refractivity contribution in [2.24, 2.45) is 0 Å². The second-order valence-electron chi connectivity index (χ2n) is 6.59. The summed E-state index contributed by atoms with van der Waals surface area (Å²) in [6.45, 7) is -0.545. The number of rotatable bonds is 6. The number of nitrogens with zero attached hydrogens (tertiary/aromatic N) is 1. The second kappa shape index (κ2) is 8.88. The fourth-order valence-electron chi connectivity index (χ4n) is 3.10. The summed E-state index contributed by atoms with van der Waals surface area (Å²) < 4.78 is 18.4. The Morgan fingerprint density at radius 3 is 2.52 bits per heavy atom. The minimum Gasteiger partial charge on any atom is -0.451 e. The lowest BCUT2D eigenvalue weighted by Gasteiger charge is -2.18. The van der Waals surface area contributed by atoms with Crippen molar-refractivity contribution in [3.8, 4) is 0 Å². The lowest BCUT2D eigenvalue weighted by Crippen LogP contribution is -2.33. The van der Waals surface area contributed by atoms with E-state index in [1.807, 2.05) is 17.5 Å². The van der Waals surface area contributed by atoms with Crippen LogP contribution in [0.2, 0.25) is 0 Å². The summed E-state index contributed by atoms with van der Waals surface area (Å²) in [6, 6.07) is 15.5. The quantitative estimate of drug-likeness (QED) is 0.451. The van der Waals surface area contributed by atoms with E-state index in [0.717, 1.165) is 4.88 Å². The highest BCUT2D eigenvalue weighted by molar-refractivity contribution is 7.10. The van der Waals surface area contributed by atoms with Crippen molar-refractivity contribution in [3.63, 3.8) is 0 Å². The van der Waals surface area contributed by atoms with E-state index < -0.39 is 30.1 Å². The number of aromatic amines is 1. The third kappa shape index (κ3) is 4.51. The number of benzene rings is 2. The van der Waals surface area contributed by atoms with Crippen LogP contribution in [0, 0.1) is 5.82 Å². The molecule has 0 bridgehead atoms. The minimum atomic E-state index is -0.836. The number of carbonyl (C=O) groups excluding carboxylic acids is 2. The first-order valence-electron chi connectivity index (χ1n) is 9.25. The van der Waals surface area contributed by atoms with Crippen LogP contribution in [0.1, 0.15) is 27.0 Å². The zero-order valence-corrected chi connectivity index (χ0v) is 16.8. The van der Waals surface area contributed by atoms with Gasteiger partial charge in [-0.1, -0.05) is 36.4 Å². The molecule has 0 fully saturated rings. The summed E-state index contributed by atoms with van der Waals surface area (Å²) in [4.78, 5) is 37.7. The third-order valence-electron chi connectivity index (χ3n) is 4.56. The van der Waals surface area contributed by atoms with Crippen LogP contribution < -0.4 is 10.9 Å². The highest BCUT2D eigenvalue weighted by Crippen LogP contribution is 2.26. The summed E-state index contributed by atoms with van der Waals surface area (Å²) in [5.74, 6) is -1.75. The SMILES string of the molecule is O=C(COC(=O)c1n[nH]c(=O)c2ccccc12)NC(c1ccc(F)cc1)c1cccs1. The Morgan fingerprint density at radius 2 is 1.81 bits per heavy atom. The molecular weight excluding hydrogens is 421 g/mol. The smallest absolute Gasteiger partial charge is 0.359 e. The fourth-order valence-corrected chi connectivity index (χ4v) is 3.90. The van der Waals surface area contributed by atoms with E-state index in [4.69, 9.17) is 4.74 Å². The molecule has 0 saturated carbocycles. The highest BCUT2D eigenvalue weighted by atomic mass is 32.1. The lowest BCUT2D eigenvalue weighted by molar-refractivity contribution is -0.124. The zero-order valence-electron chi connectivity index (χ0n) is 16.0. The molecule has 156 valence electrons. The molecule has 2 N–H and O–H groups in total. The largest absolute Gasteiger partial charge is 0.451 e. The average molecular weight is 437 g/mol. The van der Waals surface area contributed by atoms with E-state index in [-0.39, 0.29) is 11.5 Å². The van der Waals surface area contributed by atoms with Gasteiger partial charge in [-0.15, -0.1) is 11.3 Å². The molecule has 1 unspecified atom stereocenters. The van der Waals surface area contributed by atoms with E-state index in [1.165, 1.54) is 23.5 Å². The molecule has 0 aliphatic rings.